The molecule has 0 radical (unpaired) electrons. The van der Waals surface area contributed by atoms with E-state index in [0.717, 1.165) is 25.9 Å². The van der Waals surface area contributed by atoms with Crippen LogP contribution in [0.4, 0.5) is 4.79 Å². The molecule has 0 unspecified atom stereocenters. The summed E-state index contributed by atoms with van der Waals surface area (Å²) >= 11 is 0. The zero-order valence-corrected chi connectivity index (χ0v) is 13.4. The third-order valence-electron chi connectivity index (χ3n) is 3.97. The molecule has 0 aromatic heterocycles. The number of piperidine rings is 1. The predicted octanol–water partition coefficient (Wildman–Crippen LogP) is 1.64. The summed E-state index contributed by atoms with van der Waals surface area (Å²) in [5, 5.41) is 13.4. The Morgan fingerprint density at radius 1 is 1.25 bits per heavy atom. The molecule has 2 heterocycles. The number of aliphatic hydroxyl groups is 1. The second kappa shape index (κ2) is 6.96. The summed E-state index contributed by atoms with van der Waals surface area (Å²) in [6.07, 6.45) is 1.29. The van der Waals surface area contributed by atoms with Gasteiger partial charge in [-0.3, -0.25) is 0 Å². The maximum absolute atomic E-state index is 11.9. The number of ether oxygens (including phenoxy) is 1. The standard InChI is InChI=1S/C14H26N2O3.ClH/c1-14(2,3)19-13(18)16-6-4-10(5-7-16)12(17)11-8-15-9-11;/h10-12,15,17H,4-9H2,1-3H3;1H/t12-;/m1./s1. The molecule has 0 aromatic carbocycles. The quantitative estimate of drug-likeness (QED) is 0.814. The molecular weight excluding hydrogens is 280 g/mol. The Bertz CT molecular complexity index is 321. The van der Waals surface area contributed by atoms with Gasteiger partial charge in [-0.05, 0) is 39.5 Å². The summed E-state index contributed by atoms with van der Waals surface area (Å²) < 4.78 is 5.37. The van der Waals surface area contributed by atoms with Gasteiger partial charge >= 0.3 is 6.09 Å². The van der Waals surface area contributed by atoms with Gasteiger partial charge in [0, 0.05) is 32.1 Å². The summed E-state index contributed by atoms with van der Waals surface area (Å²) in [4.78, 5) is 13.7. The molecule has 1 amide bonds. The number of likely N-dealkylation sites (tertiary alicyclic amines) is 1. The molecule has 2 rings (SSSR count). The summed E-state index contributed by atoms with van der Waals surface area (Å²) in [6.45, 7) is 8.87. The van der Waals surface area contributed by atoms with Crippen molar-refractivity contribution in [2.24, 2.45) is 11.8 Å². The van der Waals surface area contributed by atoms with E-state index < -0.39 is 5.60 Å². The van der Waals surface area contributed by atoms with Crippen LogP contribution in [0.15, 0.2) is 0 Å². The molecule has 2 fully saturated rings. The minimum atomic E-state index is -0.439. The van der Waals surface area contributed by atoms with E-state index in [4.69, 9.17) is 4.74 Å². The fourth-order valence-electron chi connectivity index (χ4n) is 2.69. The molecule has 1 atom stereocenters. The number of carbonyl (C=O) groups is 1. The second-order valence-electron chi connectivity index (χ2n) is 6.71. The minimum absolute atomic E-state index is 0. The highest BCUT2D eigenvalue weighted by Gasteiger charge is 2.35. The van der Waals surface area contributed by atoms with Crippen molar-refractivity contribution in [2.75, 3.05) is 26.2 Å². The van der Waals surface area contributed by atoms with Crippen molar-refractivity contribution < 1.29 is 14.6 Å². The maximum atomic E-state index is 11.9. The zero-order chi connectivity index (χ0) is 14.0. The molecular formula is C14H27ClN2O3. The normalized spacial score (nSPS) is 22.7. The highest BCUT2D eigenvalue weighted by molar-refractivity contribution is 5.85. The van der Waals surface area contributed by atoms with E-state index in [9.17, 15) is 9.90 Å². The molecule has 6 heteroatoms. The van der Waals surface area contributed by atoms with E-state index in [0.29, 0.717) is 24.9 Å². The molecule has 2 N–H and O–H groups in total. The van der Waals surface area contributed by atoms with Crippen LogP contribution in [0.1, 0.15) is 33.6 Å². The van der Waals surface area contributed by atoms with E-state index in [2.05, 4.69) is 5.32 Å². The number of nitrogens with zero attached hydrogens (tertiary/aromatic N) is 1. The smallest absolute Gasteiger partial charge is 0.410 e. The first kappa shape index (κ1) is 17.5. The Balaban J connectivity index is 0.00000200. The fourth-order valence-corrected chi connectivity index (χ4v) is 2.69. The van der Waals surface area contributed by atoms with Crippen LogP contribution < -0.4 is 5.32 Å². The van der Waals surface area contributed by atoms with Gasteiger partial charge in [-0.15, -0.1) is 12.4 Å². The van der Waals surface area contributed by atoms with Gasteiger partial charge in [-0.2, -0.15) is 0 Å². The fraction of sp³-hybridized carbons (Fsp3) is 0.929. The Hall–Kier alpha value is -0.520. The van der Waals surface area contributed by atoms with E-state index in [1.807, 2.05) is 20.8 Å². The lowest BCUT2D eigenvalue weighted by molar-refractivity contribution is -0.0128. The lowest BCUT2D eigenvalue weighted by Gasteiger charge is -2.40. The van der Waals surface area contributed by atoms with Crippen molar-refractivity contribution in [3.8, 4) is 0 Å². The van der Waals surface area contributed by atoms with Gasteiger partial charge in [-0.1, -0.05) is 0 Å². The largest absolute Gasteiger partial charge is 0.444 e. The second-order valence-corrected chi connectivity index (χ2v) is 6.71. The molecule has 2 aliphatic rings. The van der Waals surface area contributed by atoms with Gasteiger partial charge in [0.15, 0.2) is 0 Å². The van der Waals surface area contributed by atoms with Crippen LogP contribution in [0.25, 0.3) is 0 Å². The number of hydrogen-bond acceptors (Lipinski definition) is 4. The van der Waals surface area contributed by atoms with Gasteiger partial charge < -0.3 is 20.1 Å². The zero-order valence-electron chi connectivity index (χ0n) is 12.6. The van der Waals surface area contributed by atoms with Crippen molar-refractivity contribution in [3.05, 3.63) is 0 Å². The molecule has 0 saturated carbocycles. The third-order valence-corrected chi connectivity index (χ3v) is 3.97. The molecule has 2 aliphatic heterocycles. The van der Waals surface area contributed by atoms with Crippen LogP contribution >= 0.6 is 12.4 Å². The first-order valence-electron chi connectivity index (χ1n) is 7.23. The van der Waals surface area contributed by atoms with Crippen molar-refractivity contribution >= 4 is 18.5 Å². The van der Waals surface area contributed by atoms with E-state index in [1.165, 1.54) is 0 Å². The molecule has 0 spiro atoms. The van der Waals surface area contributed by atoms with Crippen molar-refractivity contribution in [1.82, 2.24) is 10.2 Å². The molecule has 2 saturated heterocycles. The molecule has 0 bridgehead atoms. The summed E-state index contributed by atoms with van der Waals surface area (Å²) in [5.41, 5.74) is -0.439. The highest BCUT2D eigenvalue weighted by atomic mass is 35.5. The topological polar surface area (TPSA) is 61.8 Å². The first-order valence-corrected chi connectivity index (χ1v) is 7.23. The van der Waals surface area contributed by atoms with Crippen LogP contribution in [0.5, 0.6) is 0 Å². The number of halogens is 1. The SMILES string of the molecule is CC(C)(C)OC(=O)N1CCC([C@@H](O)C2CNC2)CC1.Cl. The minimum Gasteiger partial charge on any atom is -0.444 e. The molecule has 118 valence electrons. The van der Waals surface area contributed by atoms with E-state index >= 15 is 0 Å². The predicted molar refractivity (Wildman–Crippen MR) is 80.1 cm³/mol. The lowest BCUT2D eigenvalue weighted by atomic mass is 9.82. The highest BCUT2D eigenvalue weighted by Crippen LogP contribution is 2.27. The van der Waals surface area contributed by atoms with Crippen molar-refractivity contribution in [1.29, 1.82) is 0 Å². The van der Waals surface area contributed by atoms with Gasteiger partial charge in [0.25, 0.3) is 0 Å². The van der Waals surface area contributed by atoms with Crippen LogP contribution in [0.2, 0.25) is 0 Å². The number of nitrogens with one attached hydrogen (secondary N) is 1. The maximum Gasteiger partial charge on any atom is 0.410 e. The van der Waals surface area contributed by atoms with Gasteiger partial charge in [-0.25, -0.2) is 4.79 Å². The Morgan fingerprint density at radius 2 is 1.80 bits per heavy atom. The van der Waals surface area contributed by atoms with Crippen molar-refractivity contribution in [3.63, 3.8) is 0 Å². The van der Waals surface area contributed by atoms with Crippen LogP contribution in [0, 0.1) is 11.8 Å². The number of rotatable bonds is 2. The number of hydrogen-bond donors (Lipinski definition) is 2. The summed E-state index contributed by atoms with van der Waals surface area (Å²) in [7, 11) is 0. The average molecular weight is 307 g/mol. The monoisotopic (exact) mass is 306 g/mol. The van der Waals surface area contributed by atoms with Crippen molar-refractivity contribution in [2.45, 2.75) is 45.3 Å². The van der Waals surface area contributed by atoms with E-state index in [1.54, 1.807) is 4.90 Å². The average Bonchev–Trinajstić information content (AvgIpc) is 2.24. The van der Waals surface area contributed by atoms with Crippen LogP contribution in [0.3, 0.4) is 0 Å². The van der Waals surface area contributed by atoms with Gasteiger partial charge in [0.05, 0.1) is 6.10 Å². The third kappa shape index (κ3) is 4.50. The Labute approximate surface area is 127 Å². The number of amides is 1. The number of carbonyl (C=O) groups excluding carboxylic acids is 1. The first-order chi connectivity index (χ1) is 8.87. The Morgan fingerprint density at radius 3 is 2.20 bits per heavy atom. The molecule has 0 aliphatic carbocycles. The van der Waals surface area contributed by atoms with Gasteiger partial charge in [0.2, 0.25) is 0 Å². The van der Waals surface area contributed by atoms with Gasteiger partial charge in [0.1, 0.15) is 5.60 Å². The van der Waals surface area contributed by atoms with E-state index in [-0.39, 0.29) is 24.6 Å². The number of aliphatic hydroxyl groups excluding tert-OH is 1. The lowest BCUT2D eigenvalue weighted by Crippen LogP contribution is -2.52. The molecule has 5 nitrogen and oxygen atoms in total. The molecule has 0 aromatic rings. The summed E-state index contributed by atoms with van der Waals surface area (Å²) in [5.74, 6) is 0.726. The van der Waals surface area contributed by atoms with Crippen LogP contribution in [-0.2, 0) is 4.74 Å². The summed E-state index contributed by atoms with van der Waals surface area (Å²) in [6, 6.07) is 0. The van der Waals surface area contributed by atoms with Crippen LogP contribution in [-0.4, -0.2) is 54.0 Å². The Kier molecular flexibility index (Phi) is 6.10. The molecule has 20 heavy (non-hydrogen) atoms.